The highest BCUT2D eigenvalue weighted by molar-refractivity contribution is 7.09. The molecule has 0 aliphatic heterocycles. The predicted molar refractivity (Wildman–Crippen MR) is 55.1 cm³/mol. The van der Waals surface area contributed by atoms with E-state index < -0.39 is 18.2 Å². The summed E-state index contributed by atoms with van der Waals surface area (Å²) in [6.07, 6.45) is -2.37. The average molecular weight is 245 g/mol. The number of ether oxygens (including phenoxy) is 1. The average Bonchev–Trinajstić information content (AvgIpc) is 2.76. The van der Waals surface area contributed by atoms with E-state index in [9.17, 15) is 19.8 Å². The summed E-state index contributed by atoms with van der Waals surface area (Å²) in [4.78, 5) is 25.0. The van der Waals surface area contributed by atoms with E-state index in [0.717, 1.165) is 11.3 Å². The predicted octanol–water partition coefficient (Wildman–Crippen LogP) is -0.0870. The summed E-state index contributed by atoms with van der Waals surface area (Å²) in [6.45, 7) is 0. The quantitative estimate of drug-likeness (QED) is 0.556. The molecule has 88 valence electrons. The van der Waals surface area contributed by atoms with Gasteiger partial charge in [0, 0.05) is 5.38 Å². The van der Waals surface area contributed by atoms with E-state index in [1.165, 1.54) is 12.5 Å². The van der Waals surface area contributed by atoms with E-state index in [-0.39, 0.29) is 17.1 Å². The maximum Gasteiger partial charge on any atom is 0.308 e. The van der Waals surface area contributed by atoms with Crippen LogP contribution in [0.1, 0.15) is 28.0 Å². The zero-order valence-electron chi connectivity index (χ0n) is 8.49. The van der Waals surface area contributed by atoms with Crippen LogP contribution in [0.5, 0.6) is 0 Å². The fraction of sp³-hybridized carbons (Fsp3) is 0.444. The molecular formula is C9H11NO5S. The fourth-order valence-electron chi connectivity index (χ4n) is 1.02. The third-order valence-electron chi connectivity index (χ3n) is 1.88. The lowest BCUT2D eigenvalue weighted by molar-refractivity contribution is -0.144. The van der Waals surface area contributed by atoms with Crippen molar-refractivity contribution in [3.05, 3.63) is 16.1 Å². The first-order valence-electron chi connectivity index (χ1n) is 4.42. The van der Waals surface area contributed by atoms with Crippen LogP contribution >= 0.6 is 11.3 Å². The van der Waals surface area contributed by atoms with Crippen LogP contribution in [0.2, 0.25) is 0 Å². The van der Waals surface area contributed by atoms with Gasteiger partial charge in [-0.15, -0.1) is 11.3 Å². The van der Waals surface area contributed by atoms with Gasteiger partial charge in [-0.25, -0.2) is 4.98 Å². The van der Waals surface area contributed by atoms with E-state index in [1.54, 1.807) is 0 Å². The van der Waals surface area contributed by atoms with Gasteiger partial charge >= 0.3 is 5.97 Å². The van der Waals surface area contributed by atoms with Gasteiger partial charge in [-0.2, -0.15) is 0 Å². The molecule has 0 amide bonds. The van der Waals surface area contributed by atoms with Crippen molar-refractivity contribution in [2.75, 3.05) is 7.11 Å². The molecule has 0 aliphatic carbocycles. The molecule has 1 rings (SSSR count). The molecule has 2 unspecified atom stereocenters. The minimum absolute atomic E-state index is 0.185. The van der Waals surface area contributed by atoms with E-state index in [2.05, 4.69) is 9.72 Å². The van der Waals surface area contributed by atoms with Crippen LogP contribution in [0.15, 0.2) is 5.38 Å². The van der Waals surface area contributed by atoms with Gasteiger partial charge in [0.25, 0.3) is 0 Å². The van der Waals surface area contributed by atoms with Gasteiger partial charge in [-0.3, -0.25) is 9.59 Å². The van der Waals surface area contributed by atoms with Gasteiger partial charge in [-0.1, -0.05) is 0 Å². The molecular weight excluding hydrogens is 234 g/mol. The summed E-state index contributed by atoms with van der Waals surface area (Å²) >= 11 is 1.04. The van der Waals surface area contributed by atoms with Gasteiger partial charge in [0.15, 0.2) is 6.29 Å². The molecule has 0 aromatic carbocycles. The van der Waals surface area contributed by atoms with Crippen molar-refractivity contribution in [3.8, 4) is 0 Å². The lowest BCUT2D eigenvalue weighted by atomic mass is 10.1. The van der Waals surface area contributed by atoms with Crippen LogP contribution in [0, 0.1) is 0 Å². The third kappa shape index (κ3) is 3.09. The maximum absolute atomic E-state index is 10.9. The standard InChI is InChI=1S/C9H11NO5S/c1-15-7(13)2-6(12)8(14)9-10-5(3-11)4-16-9/h3-4,6,8,12,14H,2H2,1H3. The van der Waals surface area contributed by atoms with Gasteiger partial charge in [0.1, 0.15) is 16.8 Å². The molecule has 1 aromatic rings. The SMILES string of the molecule is COC(=O)CC(O)C(O)c1nc(C=O)cs1. The number of carbonyl (C=O) groups is 2. The summed E-state index contributed by atoms with van der Waals surface area (Å²) in [6, 6.07) is 0. The second-order valence-corrected chi connectivity index (χ2v) is 3.91. The lowest BCUT2D eigenvalue weighted by Crippen LogP contribution is -2.22. The number of rotatable bonds is 5. The Labute approximate surface area is 95.5 Å². The molecule has 0 aliphatic rings. The Kier molecular flexibility index (Phi) is 4.53. The molecule has 6 nitrogen and oxygen atoms in total. The van der Waals surface area contributed by atoms with Crippen molar-refractivity contribution in [3.63, 3.8) is 0 Å². The molecule has 0 saturated carbocycles. The first-order valence-corrected chi connectivity index (χ1v) is 5.30. The summed E-state index contributed by atoms with van der Waals surface area (Å²) in [5.74, 6) is -0.626. The smallest absolute Gasteiger partial charge is 0.308 e. The Bertz CT molecular complexity index is 378. The second kappa shape index (κ2) is 5.69. The Balaban J connectivity index is 2.65. The van der Waals surface area contributed by atoms with Crippen LogP contribution < -0.4 is 0 Å². The van der Waals surface area contributed by atoms with E-state index in [0.29, 0.717) is 6.29 Å². The number of carbonyl (C=O) groups excluding carboxylic acids is 2. The molecule has 0 saturated heterocycles. The van der Waals surface area contributed by atoms with Crippen molar-refractivity contribution in [1.82, 2.24) is 4.98 Å². The topological polar surface area (TPSA) is 96.7 Å². The minimum atomic E-state index is -1.29. The van der Waals surface area contributed by atoms with Crippen molar-refractivity contribution in [2.45, 2.75) is 18.6 Å². The highest BCUT2D eigenvalue weighted by Gasteiger charge is 2.24. The van der Waals surface area contributed by atoms with Crippen LogP contribution in [-0.4, -0.2) is 40.7 Å². The minimum Gasteiger partial charge on any atom is -0.469 e. The molecule has 1 aromatic heterocycles. The number of methoxy groups -OCH3 is 1. The van der Waals surface area contributed by atoms with Gasteiger partial charge in [0.2, 0.25) is 0 Å². The van der Waals surface area contributed by atoms with Crippen LogP contribution in [0.4, 0.5) is 0 Å². The lowest BCUT2D eigenvalue weighted by Gasteiger charge is -2.13. The van der Waals surface area contributed by atoms with Crippen molar-refractivity contribution in [2.24, 2.45) is 0 Å². The van der Waals surface area contributed by atoms with Crippen LogP contribution in [-0.2, 0) is 9.53 Å². The third-order valence-corrected chi connectivity index (χ3v) is 2.82. The summed E-state index contributed by atoms with van der Waals surface area (Å²) in [7, 11) is 1.19. The van der Waals surface area contributed by atoms with Crippen LogP contribution in [0.3, 0.4) is 0 Å². The molecule has 7 heteroatoms. The first kappa shape index (κ1) is 12.8. The molecule has 0 spiro atoms. The second-order valence-electron chi connectivity index (χ2n) is 3.02. The largest absolute Gasteiger partial charge is 0.469 e. The summed E-state index contributed by atoms with van der Waals surface area (Å²) in [5, 5.41) is 20.7. The molecule has 0 radical (unpaired) electrons. The van der Waals surface area contributed by atoms with E-state index in [1.807, 2.05) is 0 Å². The van der Waals surface area contributed by atoms with Crippen molar-refractivity contribution in [1.29, 1.82) is 0 Å². The molecule has 0 bridgehead atoms. The van der Waals surface area contributed by atoms with E-state index in [4.69, 9.17) is 0 Å². The normalized spacial score (nSPS) is 14.2. The van der Waals surface area contributed by atoms with E-state index >= 15 is 0 Å². The molecule has 2 N–H and O–H groups in total. The number of aldehydes is 1. The van der Waals surface area contributed by atoms with Crippen molar-refractivity contribution >= 4 is 23.6 Å². The van der Waals surface area contributed by atoms with Gasteiger partial charge in [0.05, 0.1) is 19.6 Å². The monoisotopic (exact) mass is 245 g/mol. The Hall–Kier alpha value is -1.31. The number of nitrogens with zero attached hydrogens (tertiary/aromatic N) is 1. The van der Waals surface area contributed by atoms with Gasteiger partial charge < -0.3 is 14.9 Å². The zero-order valence-corrected chi connectivity index (χ0v) is 9.31. The zero-order chi connectivity index (χ0) is 12.1. The maximum atomic E-state index is 10.9. The molecule has 0 fully saturated rings. The number of aliphatic hydroxyl groups is 2. The first-order chi connectivity index (χ1) is 7.58. The highest BCUT2D eigenvalue weighted by atomic mass is 32.1. The fourth-order valence-corrected chi connectivity index (χ4v) is 1.83. The number of aromatic nitrogens is 1. The molecule has 16 heavy (non-hydrogen) atoms. The number of hydrogen-bond donors (Lipinski definition) is 2. The summed E-state index contributed by atoms with van der Waals surface area (Å²) in [5.41, 5.74) is 0.185. The summed E-state index contributed by atoms with van der Waals surface area (Å²) < 4.78 is 4.35. The van der Waals surface area contributed by atoms with Gasteiger partial charge in [-0.05, 0) is 0 Å². The molecule has 1 heterocycles. The molecule has 2 atom stereocenters. The number of aliphatic hydroxyl groups excluding tert-OH is 2. The van der Waals surface area contributed by atoms with Crippen LogP contribution in [0.25, 0.3) is 0 Å². The Morgan fingerprint density at radius 2 is 2.38 bits per heavy atom. The highest BCUT2D eigenvalue weighted by Crippen LogP contribution is 2.22. The number of esters is 1. The number of hydrogen-bond acceptors (Lipinski definition) is 7. The van der Waals surface area contributed by atoms with Crippen molar-refractivity contribution < 1.29 is 24.5 Å². The Morgan fingerprint density at radius 3 is 2.88 bits per heavy atom. The Morgan fingerprint density at radius 1 is 1.69 bits per heavy atom. The number of thiazole rings is 1.